The predicted octanol–water partition coefficient (Wildman–Crippen LogP) is 0.835. The van der Waals surface area contributed by atoms with Crippen LogP contribution in [-0.2, 0) is 9.47 Å². The molecule has 1 aromatic heterocycles. The summed E-state index contributed by atoms with van der Waals surface area (Å²) in [6.07, 6.45) is -2.07. The number of carbonyl (C=O) groups excluding carboxylic acids is 1. The number of hydrogen-bond acceptors (Lipinski definition) is 6. The maximum atomic E-state index is 13.4. The van der Waals surface area contributed by atoms with Gasteiger partial charge in [-0.2, -0.15) is 4.39 Å². The van der Waals surface area contributed by atoms with Crippen molar-refractivity contribution in [2.24, 2.45) is 0 Å². The fraction of sp³-hybridized carbons (Fsp3) is 0.312. The first-order valence-corrected chi connectivity index (χ1v) is 8.00. The molecule has 1 fully saturated rings. The van der Waals surface area contributed by atoms with Crippen molar-refractivity contribution in [2.45, 2.75) is 24.9 Å². The van der Waals surface area contributed by atoms with Crippen LogP contribution < -0.4 is 11.2 Å². The van der Waals surface area contributed by atoms with Gasteiger partial charge in [-0.25, -0.2) is 9.59 Å². The van der Waals surface area contributed by atoms with E-state index in [9.17, 15) is 23.9 Å². The normalized spacial score (nSPS) is 22.3. The molecule has 1 aliphatic heterocycles. The van der Waals surface area contributed by atoms with Crippen LogP contribution in [0.4, 0.5) is 4.39 Å². The molecule has 26 heavy (non-hydrogen) atoms. The number of hydrogen-bond donors (Lipinski definition) is 2. The average molecular weight is 385 g/mol. The zero-order chi connectivity index (χ0) is 18.8. The second-order valence-electron chi connectivity index (χ2n) is 5.64. The number of esters is 1. The number of ether oxygens (including phenoxy) is 2. The molecule has 1 aromatic carbocycles. The highest BCUT2D eigenvalue weighted by Gasteiger charge is 2.39. The molecule has 3 atom stereocenters. The first-order chi connectivity index (χ1) is 12.4. The lowest BCUT2D eigenvalue weighted by molar-refractivity contribution is -0.0524. The standard InChI is InChI=1S/C16H14ClFN2O6/c17-9-3-1-8(2-4-9)15(23)26-11-5-13(25-12(11)7-21)20-6-10(18)14(22)19-16(20)24/h1-4,6,11-13,21H,5,7H2,(H,19,22,24)/t11-,12+,13+/m0/s1. The van der Waals surface area contributed by atoms with Gasteiger partial charge >= 0.3 is 11.7 Å². The summed E-state index contributed by atoms with van der Waals surface area (Å²) in [5.41, 5.74) is -1.77. The lowest BCUT2D eigenvalue weighted by Gasteiger charge is -2.16. The maximum Gasteiger partial charge on any atom is 0.338 e. The average Bonchev–Trinajstić information content (AvgIpc) is 3.01. The fourth-order valence-corrected chi connectivity index (χ4v) is 2.75. The van der Waals surface area contributed by atoms with Gasteiger partial charge in [0.25, 0.3) is 5.56 Å². The number of carbonyl (C=O) groups is 1. The summed E-state index contributed by atoms with van der Waals surface area (Å²) >= 11 is 5.76. The van der Waals surface area contributed by atoms with Gasteiger partial charge < -0.3 is 14.6 Å². The van der Waals surface area contributed by atoms with Crippen LogP contribution in [-0.4, -0.2) is 39.4 Å². The Morgan fingerprint density at radius 3 is 2.73 bits per heavy atom. The van der Waals surface area contributed by atoms with E-state index in [-0.39, 0.29) is 12.0 Å². The molecule has 10 heteroatoms. The third-order valence-electron chi connectivity index (χ3n) is 3.93. The van der Waals surface area contributed by atoms with Gasteiger partial charge in [0.05, 0.1) is 18.4 Å². The highest BCUT2D eigenvalue weighted by molar-refractivity contribution is 6.30. The van der Waals surface area contributed by atoms with Crippen LogP contribution in [0.15, 0.2) is 40.1 Å². The van der Waals surface area contributed by atoms with E-state index in [1.807, 2.05) is 4.98 Å². The predicted molar refractivity (Wildman–Crippen MR) is 87.5 cm³/mol. The van der Waals surface area contributed by atoms with E-state index in [2.05, 4.69) is 0 Å². The second-order valence-corrected chi connectivity index (χ2v) is 6.08. The molecule has 138 valence electrons. The van der Waals surface area contributed by atoms with E-state index >= 15 is 0 Å². The summed E-state index contributed by atoms with van der Waals surface area (Å²) in [5, 5.41) is 9.89. The summed E-state index contributed by atoms with van der Waals surface area (Å²) in [6, 6.07) is 6.01. The monoisotopic (exact) mass is 384 g/mol. The fourth-order valence-electron chi connectivity index (χ4n) is 2.63. The Labute approximate surface area is 150 Å². The van der Waals surface area contributed by atoms with Gasteiger partial charge in [0.1, 0.15) is 18.4 Å². The molecule has 8 nitrogen and oxygen atoms in total. The number of aliphatic hydroxyl groups is 1. The Morgan fingerprint density at radius 2 is 2.08 bits per heavy atom. The van der Waals surface area contributed by atoms with Crippen molar-refractivity contribution in [2.75, 3.05) is 6.61 Å². The quantitative estimate of drug-likeness (QED) is 0.755. The van der Waals surface area contributed by atoms with E-state index < -0.39 is 48.1 Å². The number of H-pyrrole nitrogens is 1. The molecule has 2 aromatic rings. The molecule has 1 aliphatic rings. The van der Waals surface area contributed by atoms with Crippen LogP contribution in [0.5, 0.6) is 0 Å². The van der Waals surface area contributed by atoms with Gasteiger partial charge in [-0.3, -0.25) is 14.3 Å². The van der Waals surface area contributed by atoms with Crippen molar-refractivity contribution in [3.63, 3.8) is 0 Å². The van der Waals surface area contributed by atoms with Crippen LogP contribution in [0.3, 0.4) is 0 Å². The van der Waals surface area contributed by atoms with Gasteiger partial charge in [0.15, 0.2) is 0 Å². The van der Waals surface area contributed by atoms with Crippen LogP contribution in [0.1, 0.15) is 23.0 Å². The molecule has 0 spiro atoms. The third kappa shape index (κ3) is 3.69. The van der Waals surface area contributed by atoms with Gasteiger partial charge in [0, 0.05) is 11.4 Å². The minimum Gasteiger partial charge on any atom is -0.456 e. The van der Waals surface area contributed by atoms with E-state index in [4.69, 9.17) is 21.1 Å². The molecule has 2 N–H and O–H groups in total. The van der Waals surface area contributed by atoms with E-state index in [0.29, 0.717) is 11.2 Å². The Morgan fingerprint density at radius 1 is 1.38 bits per heavy atom. The van der Waals surface area contributed by atoms with Crippen LogP contribution in [0, 0.1) is 5.82 Å². The first-order valence-electron chi connectivity index (χ1n) is 7.63. The molecule has 0 aliphatic carbocycles. The Balaban J connectivity index is 1.78. The molecule has 0 saturated carbocycles. The topological polar surface area (TPSA) is 111 Å². The molecule has 3 rings (SSSR count). The van der Waals surface area contributed by atoms with E-state index in [1.54, 1.807) is 0 Å². The van der Waals surface area contributed by atoms with Crippen LogP contribution in [0.25, 0.3) is 0 Å². The van der Waals surface area contributed by atoms with Gasteiger partial charge in [-0.15, -0.1) is 0 Å². The minimum absolute atomic E-state index is 0.00402. The largest absolute Gasteiger partial charge is 0.456 e. The summed E-state index contributed by atoms with van der Waals surface area (Å²) in [6.45, 7) is -0.477. The van der Waals surface area contributed by atoms with Crippen molar-refractivity contribution >= 4 is 17.6 Å². The number of nitrogens with one attached hydrogen (secondary N) is 1. The summed E-state index contributed by atoms with van der Waals surface area (Å²) in [5.74, 6) is -1.82. The molecule has 1 saturated heterocycles. The lowest BCUT2D eigenvalue weighted by atomic mass is 10.1. The molecule has 0 amide bonds. The summed E-state index contributed by atoms with van der Waals surface area (Å²) in [7, 11) is 0. The van der Waals surface area contributed by atoms with Gasteiger partial charge in [0.2, 0.25) is 5.82 Å². The smallest absolute Gasteiger partial charge is 0.338 e. The van der Waals surface area contributed by atoms with Crippen molar-refractivity contribution in [1.29, 1.82) is 0 Å². The summed E-state index contributed by atoms with van der Waals surface area (Å²) < 4.78 is 25.1. The minimum atomic E-state index is -1.16. The van der Waals surface area contributed by atoms with E-state index in [1.165, 1.54) is 24.3 Å². The van der Waals surface area contributed by atoms with Crippen LogP contribution >= 0.6 is 11.6 Å². The van der Waals surface area contributed by atoms with Crippen molar-refractivity contribution in [1.82, 2.24) is 9.55 Å². The third-order valence-corrected chi connectivity index (χ3v) is 4.19. The Kier molecular flexibility index (Phi) is 5.21. The number of aromatic nitrogens is 2. The Bertz CT molecular complexity index is 926. The zero-order valence-electron chi connectivity index (χ0n) is 13.2. The number of nitrogens with zero attached hydrogens (tertiary/aromatic N) is 1. The number of halogens is 2. The number of aromatic amines is 1. The maximum absolute atomic E-state index is 13.4. The second kappa shape index (κ2) is 7.40. The molecular formula is C16H14ClFN2O6. The molecular weight excluding hydrogens is 371 g/mol. The van der Waals surface area contributed by atoms with Crippen molar-refractivity contribution in [3.8, 4) is 0 Å². The first kappa shape index (κ1) is 18.3. The number of benzene rings is 1. The highest BCUT2D eigenvalue weighted by atomic mass is 35.5. The lowest BCUT2D eigenvalue weighted by Crippen LogP contribution is -2.34. The molecule has 0 unspecified atom stereocenters. The molecule has 0 bridgehead atoms. The number of aliphatic hydroxyl groups excluding tert-OH is 1. The van der Waals surface area contributed by atoms with Gasteiger partial charge in [-0.05, 0) is 24.3 Å². The van der Waals surface area contributed by atoms with Crippen molar-refractivity contribution in [3.05, 3.63) is 67.7 Å². The SMILES string of the molecule is O=C(O[C@H]1C[C@H](n2cc(F)c(=O)[nH]c2=O)O[C@@H]1CO)c1ccc(Cl)cc1. The highest BCUT2D eigenvalue weighted by Crippen LogP contribution is 2.30. The summed E-state index contributed by atoms with van der Waals surface area (Å²) in [4.78, 5) is 37.0. The van der Waals surface area contributed by atoms with Gasteiger partial charge in [-0.1, -0.05) is 11.6 Å². The van der Waals surface area contributed by atoms with E-state index in [0.717, 1.165) is 4.57 Å². The molecule has 0 radical (unpaired) electrons. The van der Waals surface area contributed by atoms with Crippen LogP contribution in [0.2, 0.25) is 5.02 Å². The Hall–Kier alpha value is -2.49. The molecule has 2 heterocycles. The van der Waals surface area contributed by atoms with Crippen molar-refractivity contribution < 1.29 is 23.8 Å². The number of rotatable bonds is 4. The zero-order valence-corrected chi connectivity index (χ0v) is 14.0.